The monoisotopic (exact) mass is 753 g/mol. The van der Waals surface area contributed by atoms with Gasteiger partial charge in [-0.1, -0.05) is 91.0 Å². The van der Waals surface area contributed by atoms with Gasteiger partial charge >= 0.3 is 0 Å². The predicted octanol–water partition coefficient (Wildman–Crippen LogP) is 12.1. The van der Waals surface area contributed by atoms with E-state index in [-0.39, 0.29) is 5.41 Å². The topological polar surface area (TPSA) is 35.9 Å². The van der Waals surface area contributed by atoms with Crippen LogP contribution in [0.15, 0.2) is 170 Å². The second kappa shape index (κ2) is 13.0. The molecule has 0 unspecified atom stereocenters. The van der Waals surface area contributed by atoms with Gasteiger partial charge in [0.05, 0.1) is 18.1 Å². The third-order valence-corrected chi connectivity index (χ3v) is 14.1. The number of hydrogen-bond donors (Lipinski definition) is 0. The van der Waals surface area contributed by atoms with Gasteiger partial charge in [0.1, 0.15) is 23.0 Å². The Balaban J connectivity index is 1.000. The number of nitrogens with zero attached hydrogens (tertiary/aromatic N) is 4. The van der Waals surface area contributed by atoms with Gasteiger partial charge in [-0.05, 0) is 133 Å². The van der Waals surface area contributed by atoms with Gasteiger partial charge < -0.3 is 4.74 Å². The highest BCUT2D eigenvalue weighted by atomic mass is 16.5. The lowest BCUT2D eigenvalue weighted by Gasteiger charge is -2.62. The first-order chi connectivity index (χ1) is 28.6. The third kappa shape index (κ3) is 5.15. The van der Waals surface area contributed by atoms with E-state index in [9.17, 15) is 0 Å². The number of aryl methyl sites for hydroxylation is 1. The van der Waals surface area contributed by atoms with E-state index in [0.29, 0.717) is 11.8 Å². The molecule has 58 heavy (non-hydrogen) atoms. The largest absolute Gasteiger partial charge is 0.457 e. The number of para-hydroxylation sites is 3. The van der Waals surface area contributed by atoms with Crippen LogP contribution in [0, 0.1) is 23.7 Å². The number of aromatic nitrogens is 4. The molecule has 4 saturated carbocycles. The first kappa shape index (κ1) is 33.7. The minimum Gasteiger partial charge on any atom is -0.457 e. The van der Waals surface area contributed by atoms with Crippen molar-refractivity contribution in [2.75, 3.05) is 0 Å². The number of imidazole rings is 1. The van der Waals surface area contributed by atoms with Gasteiger partial charge in [0, 0.05) is 34.5 Å². The van der Waals surface area contributed by atoms with Crippen LogP contribution in [-0.4, -0.2) is 14.1 Å². The van der Waals surface area contributed by atoms with Crippen molar-refractivity contribution >= 4 is 32.8 Å². The van der Waals surface area contributed by atoms with Crippen LogP contribution in [0.5, 0.6) is 11.5 Å². The fourth-order valence-electron chi connectivity index (χ4n) is 12.0. The highest BCUT2D eigenvalue weighted by Crippen LogP contribution is 2.65. The zero-order valence-corrected chi connectivity index (χ0v) is 32.7. The molecule has 0 spiro atoms. The van der Waals surface area contributed by atoms with E-state index < -0.39 is 0 Å². The van der Waals surface area contributed by atoms with Crippen LogP contribution in [0.2, 0.25) is 0 Å². The Hall–Kier alpha value is -6.46. The fraction of sp³-hybridized carbons (Fsp3) is 0.208. The minimum atomic E-state index is 0.00295. The summed E-state index contributed by atoms with van der Waals surface area (Å²) in [7, 11) is 2.10. The van der Waals surface area contributed by atoms with Crippen LogP contribution in [0.25, 0.3) is 55.5 Å². The van der Waals surface area contributed by atoms with Gasteiger partial charge in [0.15, 0.2) is 11.0 Å². The van der Waals surface area contributed by atoms with Crippen molar-refractivity contribution in [1.82, 2.24) is 14.1 Å². The van der Waals surface area contributed by atoms with Crippen LogP contribution in [0.1, 0.15) is 43.2 Å². The van der Waals surface area contributed by atoms with E-state index in [0.717, 1.165) is 62.5 Å². The Kier molecular flexibility index (Phi) is 7.57. The number of hydrogen-bond acceptors (Lipinski definition) is 2. The summed E-state index contributed by atoms with van der Waals surface area (Å²) in [6.07, 6.45) is 11.0. The molecule has 6 aromatic carbocycles. The average molecular weight is 754 g/mol. The predicted molar refractivity (Wildman–Crippen MR) is 233 cm³/mol. The van der Waals surface area contributed by atoms with Crippen molar-refractivity contribution in [3.8, 4) is 34.1 Å². The van der Waals surface area contributed by atoms with Gasteiger partial charge in [-0.15, -0.1) is 0 Å². The molecule has 4 aliphatic carbocycles. The van der Waals surface area contributed by atoms with Gasteiger partial charge in [0.25, 0.3) is 0 Å². The van der Waals surface area contributed by atoms with Crippen LogP contribution in [-0.2, 0) is 12.5 Å². The van der Waals surface area contributed by atoms with Gasteiger partial charge in [-0.2, -0.15) is 4.57 Å². The Bertz CT molecular complexity index is 2990. The summed E-state index contributed by atoms with van der Waals surface area (Å²) in [5.41, 5.74) is 10.7. The Morgan fingerprint density at radius 3 is 2.05 bits per heavy atom. The molecule has 282 valence electrons. The number of rotatable bonds is 7. The maximum atomic E-state index is 6.92. The smallest absolute Gasteiger partial charge is 0.249 e. The first-order valence-electron chi connectivity index (χ1n) is 21.0. The van der Waals surface area contributed by atoms with Gasteiger partial charge in [-0.25, -0.2) is 9.55 Å². The highest BCUT2D eigenvalue weighted by molar-refractivity contribution is 6.09. The zero-order chi connectivity index (χ0) is 38.4. The SMILES string of the molecule is C[n+]1cn(-c2cc(Oc3ccc4c5ccccc5n(-c5cc(C6(c7ccccc7)C7CC8CC(C7)CC6C8)ccn5)c4c3)cc(-c3ccccc3)c2)c2ccccc21. The molecular weight excluding hydrogens is 709 g/mol. The lowest BCUT2D eigenvalue weighted by atomic mass is 9.42. The number of ether oxygens (including phenoxy) is 1. The number of pyridine rings is 1. The number of fused-ring (bicyclic) bond motifs is 4. The molecule has 3 aromatic heterocycles. The van der Waals surface area contributed by atoms with Crippen molar-refractivity contribution in [3.05, 3.63) is 181 Å². The van der Waals surface area contributed by atoms with E-state index in [1.165, 1.54) is 59.5 Å². The summed E-state index contributed by atoms with van der Waals surface area (Å²) < 4.78 is 13.7. The summed E-state index contributed by atoms with van der Waals surface area (Å²) in [5, 5.41) is 2.40. The third-order valence-electron chi connectivity index (χ3n) is 14.1. The quantitative estimate of drug-likeness (QED) is 0.152. The second-order valence-electron chi connectivity index (χ2n) is 17.2. The molecule has 0 amide bonds. The summed E-state index contributed by atoms with van der Waals surface area (Å²) in [6, 6.07) is 57.2. The van der Waals surface area contributed by atoms with Crippen molar-refractivity contribution in [3.63, 3.8) is 0 Å². The average Bonchev–Trinajstić information content (AvgIpc) is 3.78. The summed E-state index contributed by atoms with van der Waals surface area (Å²) in [5.74, 6) is 5.61. The molecule has 0 N–H and O–H groups in total. The highest BCUT2D eigenvalue weighted by Gasteiger charge is 2.58. The molecule has 3 heterocycles. The fourth-order valence-corrected chi connectivity index (χ4v) is 12.0. The molecule has 13 rings (SSSR count). The molecule has 4 bridgehead atoms. The Morgan fingerprint density at radius 1 is 0.569 bits per heavy atom. The summed E-state index contributed by atoms with van der Waals surface area (Å²) in [4.78, 5) is 5.17. The number of benzene rings is 6. The summed E-state index contributed by atoms with van der Waals surface area (Å²) >= 11 is 0. The van der Waals surface area contributed by atoms with Crippen LogP contribution in [0.3, 0.4) is 0 Å². The first-order valence-corrected chi connectivity index (χ1v) is 21.0. The zero-order valence-electron chi connectivity index (χ0n) is 32.7. The lowest BCUT2D eigenvalue weighted by molar-refractivity contribution is -0.645. The molecule has 5 heteroatoms. The normalized spacial score (nSPS) is 22.3. The molecule has 4 aliphatic rings. The molecule has 0 saturated heterocycles. The molecule has 4 fully saturated rings. The summed E-state index contributed by atoms with van der Waals surface area (Å²) in [6.45, 7) is 0. The van der Waals surface area contributed by atoms with E-state index >= 15 is 0 Å². The van der Waals surface area contributed by atoms with Crippen LogP contribution >= 0.6 is 0 Å². The molecule has 9 aromatic rings. The van der Waals surface area contributed by atoms with E-state index in [4.69, 9.17) is 9.72 Å². The standard InChI is InChI=1S/C53H45N4O/c1-55-34-56(50-19-11-10-18-49(50)55)43-29-38(37-12-4-2-5-13-37)30-45(32-43)58-44-20-21-47-46-16-8-9-17-48(46)57(51(47)33-44)52-31-40(22-23-54-52)53(39-14-6-3-7-15-39)41-25-35-24-36(27-41)28-42(53)26-35/h2-23,29-36,41-42H,24-28H2,1H3/q+1. The van der Waals surface area contributed by atoms with E-state index in [2.05, 4.69) is 191 Å². The van der Waals surface area contributed by atoms with Crippen LogP contribution < -0.4 is 9.30 Å². The van der Waals surface area contributed by atoms with Gasteiger partial charge in [0.2, 0.25) is 6.33 Å². The van der Waals surface area contributed by atoms with Crippen molar-refractivity contribution < 1.29 is 9.30 Å². The Labute approximate surface area is 338 Å². The maximum absolute atomic E-state index is 6.92. The lowest BCUT2D eigenvalue weighted by Crippen LogP contribution is -2.56. The second-order valence-corrected chi connectivity index (χ2v) is 17.2. The molecule has 0 radical (unpaired) electrons. The maximum Gasteiger partial charge on any atom is 0.249 e. The molecule has 0 aliphatic heterocycles. The van der Waals surface area contributed by atoms with Gasteiger partial charge in [-0.3, -0.25) is 4.57 Å². The molecular formula is C53H45N4O+. The van der Waals surface area contributed by atoms with Crippen molar-refractivity contribution in [2.24, 2.45) is 30.7 Å². The molecule has 5 nitrogen and oxygen atoms in total. The van der Waals surface area contributed by atoms with E-state index in [1.807, 2.05) is 0 Å². The minimum absolute atomic E-state index is 0.00295. The Morgan fingerprint density at radius 2 is 1.26 bits per heavy atom. The van der Waals surface area contributed by atoms with E-state index in [1.54, 1.807) is 0 Å². The van der Waals surface area contributed by atoms with Crippen molar-refractivity contribution in [1.29, 1.82) is 0 Å². The van der Waals surface area contributed by atoms with Crippen molar-refractivity contribution in [2.45, 2.75) is 37.5 Å². The van der Waals surface area contributed by atoms with Crippen LogP contribution in [0.4, 0.5) is 0 Å². The molecule has 0 atom stereocenters.